The number of carbonyl (C=O) groups excluding carboxylic acids is 1. The number of cyclic esters (lactones) is 1. The molecule has 0 aliphatic carbocycles. The summed E-state index contributed by atoms with van der Waals surface area (Å²) in [5.41, 5.74) is 7.45. The van der Waals surface area contributed by atoms with Gasteiger partial charge in [-0.25, -0.2) is 10.4 Å². The molecule has 0 amide bonds. The second-order valence-electron chi connectivity index (χ2n) is 9.67. The van der Waals surface area contributed by atoms with Crippen LogP contribution in [-0.4, -0.2) is 63.8 Å². The predicted molar refractivity (Wildman–Crippen MR) is 122 cm³/mol. The van der Waals surface area contributed by atoms with E-state index in [0.29, 0.717) is 30.8 Å². The molecule has 4 saturated heterocycles. The minimum Gasteiger partial charge on any atom is -0.464 e. The van der Waals surface area contributed by atoms with Crippen LogP contribution in [0.1, 0.15) is 45.4 Å². The Balaban J connectivity index is 1.22. The highest BCUT2D eigenvalue weighted by Crippen LogP contribution is 2.40. The van der Waals surface area contributed by atoms with Gasteiger partial charge in [-0.2, -0.15) is 0 Å². The lowest BCUT2D eigenvalue weighted by Crippen LogP contribution is -2.53. The van der Waals surface area contributed by atoms with Gasteiger partial charge in [-0.3, -0.25) is 20.1 Å². The zero-order chi connectivity index (χ0) is 21.7. The van der Waals surface area contributed by atoms with Gasteiger partial charge in [-0.1, -0.05) is 0 Å². The molecule has 4 aliphatic heterocycles. The standard InChI is InChI=1S/C23H31N7O2/c1-13-9-21(29-28-13)26-20-12-18-17(3-2-7-24-18)22(27-20)25-14-10-15-4-5-16(11-14)30(15)19-6-8-32-23(19)31/h2-3,7,12-16,19,21,28-29H,4-6,8-11H2,1H3,(H2,25,26,27)/t13?,14?,15-,16+,19-,21?/m1/s1. The molecular weight excluding hydrogens is 406 g/mol. The number of hydrazine groups is 1. The Hall–Kier alpha value is -2.49. The van der Waals surface area contributed by atoms with E-state index in [-0.39, 0.29) is 18.2 Å². The number of hydrogen-bond donors (Lipinski definition) is 4. The number of hydrogen-bond acceptors (Lipinski definition) is 9. The molecule has 2 bridgehead atoms. The number of nitrogens with zero attached hydrogens (tertiary/aromatic N) is 3. The average molecular weight is 438 g/mol. The molecule has 0 radical (unpaired) electrons. The number of piperidine rings is 1. The van der Waals surface area contributed by atoms with E-state index in [1.54, 1.807) is 0 Å². The molecule has 4 fully saturated rings. The maximum absolute atomic E-state index is 12.2. The molecule has 6 atom stereocenters. The second-order valence-corrected chi connectivity index (χ2v) is 9.67. The van der Waals surface area contributed by atoms with Gasteiger partial charge in [0.15, 0.2) is 0 Å². The Morgan fingerprint density at radius 2 is 1.97 bits per heavy atom. The summed E-state index contributed by atoms with van der Waals surface area (Å²) in [6, 6.07) is 7.63. The number of rotatable bonds is 5. The first kappa shape index (κ1) is 20.1. The van der Waals surface area contributed by atoms with Gasteiger partial charge in [0, 0.05) is 48.2 Å². The van der Waals surface area contributed by atoms with Crippen LogP contribution in [0.15, 0.2) is 24.4 Å². The Morgan fingerprint density at radius 3 is 2.69 bits per heavy atom. The van der Waals surface area contributed by atoms with Crippen LogP contribution in [0.5, 0.6) is 0 Å². The van der Waals surface area contributed by atoms with Gasteiger partial charge in [0.05, 0.1) is 18.3 Å². The highest BCUT2D eigenvalue weighted by molar-refractivity contribution is 5.91. The Bertz CT molecular complexity index is 1000. The van der Waals surface area contributed by atoms with Crippen LogP contribution in [0.2, 0.25) is 0 Å². The number of ether oxygens (including phenoxy) is 1. The fourth-order valence-electron chi connectivity index (χ4n) is 6.04. The molecule has 9 heteroatoms. The normalized spacial score (nSPS) is 34.7. The van der Waals surface area contributed by atoms with E-state index < -0.39 is 0 Å². The van der Waals surface area contributed by atoms with Gasteiger partial charge >= 0.3 is 5.97 Å². The van der Waals surface area contributed by atoms with Crippen molar-refractivity contribution in [2.75, 3.05) is 17.2 Å². The molecule has 6 rings (SSSR count). The first-order chi connectivity index (χ1) is 15.6. The number of nitrogens with one attached hydrogen (secondary N) is 4. The molecule has 170 valence electrons. The van der Waals surface area contributed by atoms with Crippen molar-refractivity contribution in [3.8, 4) is 0 Å². The third kappa shape index (κ3) is 3.68. The quantitative estimate of drug-likeness (QED) is 0.523. The summed E-state index contributed by atoms with van der Waals surface area (Å²) in [6.07, 6.45) is 8.13. The minimum absolute atomic E-state index is 0.0323. The topological polar surface area (TPSA) is 103 Å². The molecule has 3 unspecified atom stereocenters. The maximum atomic E-state index is 12.2. The van der Waals surface area contributed by atoms with E-state index in [1.165, 1.54) is 0 Å². The first-order valence-electron chi connectivity index (χ1n) is 11.9. The molecule has 32 heavy (non-hydrogen) atoms. The summed E-state index contributed by atoms with van der Waals surface area (Å²) in [4.78, 5) is 24.2. The Kier molecular flexibility index (Phi) is 5.12. The molecule has 2 aromatic heterocycles. The van der Waals surface area contributed by atoms with Gasteiger partial charge in [-0.05, 0) is 51.2 Å². The second kappa shape index (κ2) is 8.13. The van der Waals surface area contributed by atoms with Crippen LogP contribution in [0.3, 0.4) is 0 Å². The van der Waals surface area contributed by atoms with Gasteiger partial charge in [0.25, 0.3) is 0 Å². The van der Waals surface area contributed by atoms with Crippen molar-refractivity contribution in [2.24, 2.45) is 0 Å². The van der Waals surface area contributed by atoms with E-state index in [4.69, 9.17) is 9.72 Å². The smallest absolute Gasteiger partial charge is 0.323 e. The van der Waals surface area contributed by atoms with Gasteiger partial charge in [-0.15, -0.1) is 0 Å². The van der Waals surface area contributed by atoms with E-state index in [2.05, 4.69) is 44.4 Å². The van der Waals surface area contributed by atoms with Crippen molar-refractivity contribution >= 4 is 28.5 Å². The third-order valence-electron chi connectivity index (χ3n) is 7.41. The largest absolute Gasteiger partial charge is 0.464 e. The first-order valence-corrected chi connectivity index (χ1v) is 11.9. The summed E-state index contributed by atoms with van der Waals surface area (Å²) in [6.45, 7) is 2.72. The van der Waals surface area contributed by atoms with E-state index >= 15 is 0 Å². The number of fused-ring (bicyclic) bond motifs is 3. The summed E-state index contributed by atoms with van der Waals surface area (Å²) in [5.74, 6) is 1.67. The molecular formula is C23H31N7O2. The van der Waals surface area contributed by atoms with Crippen molar-refractivity contribution in [3.05, 3.63) is 24.4 Å². The molecule has 4 aliphatic rings. The van der Waals surface area contributed by atoms with Gasteiger partial charge in [0.1, 0.15) is 17.7 Å². The average Bonchev–Trinajstić information content (AvgIpc) is 3.45. The number of carbonyl (C=O) groups is 1. The SMILES string of the molecule is CC1CC(Nc2cc3ncccc3c(NC3C[C@H]4CC[C@@H](C3)N4[C@@H]3CCOC3=O)n2)NN1. The highest BCUT2D eigenvalue weighted by Gasteiger charge is 2.47. The van der Waals surface area contributed by atoms with Crippen LogP contribution >= 0.6 is 0 Å². The molecule has 0 spiro atoms. The van der Waals surface area contributed by atoms with Crippen molar-refractivity contribution in [1.29, 1.82) is 0 Å². The van der Waals surface area contributed by atoms with Crippen LogP contribution in [-0.2, 0) is 9.53 Å². The van der Waals surface area contributed by atoms with Crippen molar-refractivity contribution in [3.63, 3.8) is 0 Å². The zero-order valence-electron chi connectivity index (χ0n) is 18.4. The van der Waals surface area contributed by atoms with Crippen LogP contribution < -0.4 is 21.5 Å². The number of pyridine rings is 2. The minimum atomic E-state index is -0.0426. The zero-order valence-corrected chi connectivity index (χ0v) is 18.4. The lowest BCUT2D eigenvalue weighted by atomic mass is 9.94. The fourth-order valence-corrected chi connectivity index (χ4v) is 6.04. The molecule has 2 aromatic rings. The maximum Gasteiger partial charge on any atom is 0.323 e. The van der Waals surface area contributed by atoms with E-state index in [1.807, 2.05) is 18.3 Å². The summed E-state index contributed by atoms with van der Waals surface area (Å²) in [7, 11) is 0. The van der Waals surface area contributed by atoms with Crippen LogP contribution in [0.4, 0.5) is 11.6 Å². The fraction of sp³-hybridized carbons (Fsp3) is 0.609. The number of aromatic nitrogens is 2. The summed E-state index contributed by atoms with van der Waals surface area (Å²) < 4.78 is 5.26. The van der Waals surface area contributed by atoms with Crippen molar-refractivity contribution < 1.29 is 9.53 Å². The number of anilines is 2. The Labute approximate surface area is 187 Å². The monoisotopic (exact) mass is 437 g/mol. The number of esters is 1. The molecule has 9 nitrogen and oxygen atoms in total. The van der Waals surface area contributed by atoms with E-state index in [0.717, 1.165) is 61.1 Å². The van der Waals surface area contributed by atoms with Crippen molar-refractivity contribution in [1.82, 2.24) is 25.7 Å². The van der Waals surface area contributed by atoms with Crippen LogP contribution in [0.25, 0.3) is 10.9 Å². The molecule has 6 heterocycles. The summed E-state index contributed by atoms with van der Waals surface area (Å²) >= 11 is 0. The lowest BCUT2D eigenvalue weighted by molar-refractivity contribution is -0.143. The predicted octanol–water partition coefficient (Wildman–Crippen LogP) is 1.98. The molecule has 0 aromatic carbocycles. The van der Waals surface area contributed by atoms with Gasteiger partial charge < -0.3 is 15.4 Å². The molecule has 4 N–H and O–H groups in total. The Morgan fingerprint density at radius 1 is 1.12 bits per heavy atom. The highest BCUT2D eigenvalue weighted by atomic mass is 16.5. The van der Waals surface area contributed by atoms with Gasteiger partial charge in [0.2, 0.25) is 0 Å². The summed E-state index contributed by atoms with van der Waals surface area (Å²) in [5, 5.41) is 8.29. The van der Waals surface area contributed by atoms with Crippen LogP contribution in [0, 0.1) is 0 Å². The third-order valence-corrected chi connectivity index (χ3v) is 7.41. The lowest BCUT2D eigenvalue weighted by Gasteiger charge is -2.41. The molecule has 0 saturated carbocycles. The van der Waals surface area contributed by atoms with E-state index in [9.17, 15) is 4.79 Å². The van der Waals surface area contributed by atoms with Crippen molar-refractivity contribution in [2.45, 2.75) is 81.8 Å².